The summed E-state index contributed by atoms with van der Waals surface area (Å²) in [6.07, 6.45) is 8.58. The van der Waals surface area contributed by atoms with Crippen LogP contribution in [0, 0.1) is 18.3 Å². The maximum atomic E-state index is 13.0. The van der Waals surface area contributed by atoms with Gasteiger partial charge in [-0.3, -0.25) is 9.78 Å². The molecule has 4 heterocycles. The first-order valence-corrected chi connectivity index (χ1v) is 11.1. The number of ether oxygens (including phenoxy) is 1. The van der Waals surface area contributed by atoms with E-state index in [0.717, 1.165) is 49.2 Å². The monoisotopic (exact) mass is 417 g/mol. The van der Waals surface area contributed by atoms with E-state index in [9.17, 15) is 4.79 Å². The highest BCUT2D eigenvalue weighted by molar-refractivity contribution is 5.78. The van der Waals surface area contributed by atoms with Gasteiger partial charge in [0.1, 0.15) is 18.5 Å². The summed E-state index contributed by atoms with van der Waals surface area (Å²) in [7, 11) is 0. The zero-order chi connectivity index (χ0) is 21.4. The molecule has 1 amide bonds. The van der Waals surface area contributed by atoms with Crippen LogP contribution in [0.1, 0.15) is 48.9 Å². The molecule has 2 bridgehead atoms. The van der Waals surface area contributed by atoms with Crippen LogP contribution in [-0.2, 0) is 15.1 Å². The summed E-state index contributed by atoms with van der Waals surface area (Å²) in [4.78, 5) is 26.1. The Hall–Kier alpha value is -2.98. The summed E-state index contributed by atoms with van der Waals surface area (Å²) in [5.74, 6) is 0.970. The molecule has 0 aromatic carbocycles. The predicted molar refractivity (Wildman–Crippen MR) is 115 cm³/mol. The van der Waals surface area contributed by atoms with Gasteiger partial charge in [0.15, 0.2) is 0 Å². The first kappa shape index (κ1) is 20.0. The van der Waals surface area contributed by atoms with Gasteiger partial charge in [0.05, 0.1) is 11.2 Å². The van der Waals surface area contributed by atoms with Crippen molar-refractivity contribution in [3.8, 4) is 6.07 Å². The number of pyridine rings is 2. The molecule has 2 aromatic heterocycles. The van der Waals surface area contributed by atoms with Gasteiger partial charge in [0.2, 0.25) is 5.91 Å². The van der Waals surface area contributed by atoms with Crippen LogP contribution in [0.25, 0.3) is 0 Å². The Morgan fingerprint density at radius 2 is 2.00 bits per heavy atom. The fraction of sp³-hybridized carbons (Fsp3) is 0.500. The van der Waals surface area contributed by atoms with Crippen molar-refractivity contribution in [2.45, 2.75) is 56.7 Å². The quantitative estimate of drug-likeness (QED) is 0.744. The fourth-order valence-corrected chi connectivity index (χ4v) is 5.22. The first-order valence-electron chi connectivity index (χ1n) is 11.1. The minimum atomic E-state index is -0.337. The minimum Gasteiger partial charge on any atom is -0.360 e. The molecule has 7 nitrogen and oxygen atoms in total. The second-order valence-electron chi connectivity index (χ2n) is 8.93. The highest BCUT2D eigenvalue weighted by atomic mass is 16.5. The standard InChI is InChI=1S/C24H27N5O2/c1-17-11-19(7-10-26-17)24(8-2-9-24)31-16-23(30)28-14-20-4-5-21(15-28)29(20)22-6-3-18(12-25)13-27-22/h3,6-7,10-11,13,20-21H,2,4-5,8-9,14-16H2,1H3. The summed E-state index contributed by atoms with van der Waals surface area (Å²) in [6.45, 7) is 3.50. The average Bonchev–Trinajstić information content (AvgIpc) is 3.02. The number of aryl methyl sites for hydroxylation is 1. The Morgan fingerprint density at radius 3 is 2.58 bits per heavy atom. The number of carbonyl (C=O) groups excluding carboxylic acids is 1. The molecule has 0 spiro atoms. The second kappa shape index (κ2) is 7.93. The van der Waals surface area contributed by atoms with E-state index in [1.165, 1.54) is 0 Å². The van der Waals surface area contributed by atoms with E-state index >= 15 is 0 Å². The molecule has 31 heavy (non-hydrogen) atoms. The lowest BCUT2D eigenvalue weighted by Crippen LogP contribution is -2.56. The molecule has 2 aliphatic heterocycles. The van der Waals surface area contributed by atoms with Gasteiger partial charge in [-0.2, -0.15) is 5.26 Å². The minimum absolute atomic E-state index is 0.0707. The van der Waals surface area contributed by atoms with E-state index in [1.54, 1.807) is 6.20 Å². The van der Waals surface area contributed by atoms with Crippen LogP contribution in [-0.4, -0.2) is 52.6 Å². The van der Waals surface area contributed by atoms with Crippen LogP contribution in [0.4, 0.5) is 5.82 Å². The van der Waals surface area contributed by atoms with Crippen molar-refractivity contribution in [3.63, 3.8) is 0 Å². The van der Waals surface area contributed by atoms with E-state index in [0.29, 0.717) is 18.7 Å². The third kappa shape index (κ3) is 3.66. The van der Waals surface area contributed by atoms with Crippen molar-refractivity contribution in [1.82, 2.24) is 14.9 Å². The molecule has 0 radical (unpaired) electrons. The Morgan fingerprint density at radius 1 is 1.23 bits per heavy atom. The number of aromatic nitrogens is 2. The number of hydrogen-bond donors (Lipinski definition) is 0. The molecule has 7 heteroatoms. The largest absolute Gasteiger partial charge is 0.360 e. The molecule has 1 saturated carbocycles. The van der Waals surface area contributed by atoms with Crippen molar-refractivity contribution in [3.05, 3.63) is 53.5 Å². The van der Waals surface area contributed by atoms with Crippen molar-refractivity contribution >= 4 is 11.7 Å². The molecule has 2 atom stereocenters. The summed E-state index contributed by atoms with van der Waals surface area (Å²) >= 11 is 0. The number of piperazine rings is 1. The van der Waals surface area contributed by atoms with Gasteiger partial charge in [-0.25, -0.2) is 4.98 Å². The molecule has 1 aliphatic carbocycles. The van der Waals surface area contributed by atoms with Crippen molar-refractivity contribution in [1.29, 1.82) is 5.26 Å². The molecule has 2 aromatic rings. The third-order valence-electron chi connectivity index (χ3n) is 7.03. The third-order valence-corrected chi connectivity index (χ3v) is 7.03. The molecule has 5 rings (SSSR count). The first-order chi connectivity index (χ1) is 15.1. The number of fused-ring (bicyclic) bond motifs is 2. The van der Waals surface area contributed by atoms with Gasteiger partial charge in [-0.1, -0.05) is 0 Å². The van der Waals surface area contributed by atoms with E-state index < -0.39 is 0 Å². The van der Waals surface area contributed by atoms with Gasteiger partial charge in [-0.15, -0.1) is 0 Å². The van der Waals surface area contributed by atoms with Gasteiger partial charge < -0.3 is 14.5 Å². The highest BCUT2D eigenvalue weighted by Gasteiger charge is 2.44. The van der Waals surface area contributed by atoms with Gasteiger partial charge in [0, 0.05) is 43.3 Å². The van der Waals surface area contributed by atoms with Crippen LogP contribution in [0.2, 0.25) is 0 Å². The van der Waals surface area contributed by atoms with Gasteiger partial charge in [0.25, 0.3) is 0 Å². The van der Waals surface area contributed by atoms with Crippen molar-refractivity contribution < 1.29 is 9.53 Å². The molecular formula is C24H27N5O2. The smallest absolute Gasteiger partial charge is 0.248 e. The average molecular weight is 418 g/mol. The Labute approximate surface area is 182 Å². The SMILES string of the molecule is Cc1cc(C2(OCC(=O)N3CC4CCC(C3)N4c3ccc(C#N)cn3)CCC2)ccn1. The summed E-state index contributed by atoms with van der Waals surface area (Å²) in [5, 5.41) is 9.00. The van der Waals surface area contributed by atoms with E-state index in [-0.39, 0.29) is 30.2 Å². The maximum Gasteiger partial charge on any atom is 0.248 e. The van der Waals surface area contributed by atoms with E-state index in [4.69, 9.17) is 10.00 Å². The molecule has 160 valence electrons. The number of amides is 1. The van der Waals surface area contributed by atoms with Crippen molar-refractivity contribution in [2.24, 2.45) is 0 Å². The molecule has 0 N–H and O–H groups in total. The van der Waals surface area contributed by atoms with Crippen molar-refractivity contribution in [2.75, 3.05) is 24.6 Å². The number of likely N-dealkylation sites (tertiary alicyclic amines) is 1. The fourth-order valence-electron chi connectivity index (χ4n) is 5.22. The number of nitriles is 1. The lowest BCUT2D eigenvalue weighted by atomic mass is 9.75. The Kier molecular flexibility index (Phi) is 5.11. The number of carbonyl (C=O) groups is 1. The Bertz CT molecular complexity index is 997. The second-order valence-corrected chi connectivity index (χ2v) is 8.93. The summed E-state index contributed by atoms with van der Waals surface area (Å²) < 4.78 is 6.27. The van der Waals surface area contributed by atoms with Crippen LogP contribution >= 0.6 is 0 Å². The topological polar surface area (TPSA) is 82.4 Å². The number of hydrogen-bond acceptors (Lipinski definition) is 6. The molecule has 2 saturated heterocycles. The van der Waals surface area contributed by atoms with E-state index in [2.05, 4.69) is 27.0 Å². The zero-order valence-electron chi connectivity index (χ0n) is 17.8. The molecule has 2 unspecified atom stereocenters. The molecular weight excluding hydrogens is 390 g/mol. The van der Waals surface area contributed by atoms with Gasteiger partial charge >= 0.3 is 0 Å². The highest BCUT2D eigenvalue weighted by Crippen LogP contribution is 2.45. The van der Waals surface area contributed by atoms with E-state index in [1.807, 2.05) is 36.2 Å². The van der Waals surface area contributed by atoms with Crippen LogP contribution in [0.3, 0.4) is 0 Å². The normalized spacial score (nSPS) is 23.9. The lowest BCUT2D eigenvalue weighted by molar-refractivity contribution is -0.154. The van der Waals surface area contributed by atoms with Crippen LogP contribution in [0.5, 0.6) is 0 Å². The van der Waals surface area contributed by atoms with Crippen LogP contribution < -0.4 is 4.90 Å². The summed E-state index contributed by atoms with van der Waals surface area (Å²) in [6, 6.07) is 10.5. The number of nitrogens with zero attached hydrogens (tertiary/aromatic N) is 5. The Balaban J connectivity index is 1.23. The lowest BCUT2D eigenvalue weighted by Gasteiger charge is -2.44. The maximum absolute atomic E-state index is 13.0. The van der Waals surface area contributed by atoms with Gasteiger partial charge in [-0.05, 0) is 68.9 Å². The predicted octanol–water partition coefficient (Wildman–Crippen LogP) is 2.93. The number of rotatable bonds is 5. The molecule has 3 aliphatic rings. The van der Waals surface area contributed by atoms with Crippen LogP contribution in [0.15, 0.2) is 36.7 Å². The number of anilines is 1. The summed E-state index contributed by atoms with van der Waals surface area (Å²) in [5.41, 5.74) is 2.34. The zero-order valence-corrected chi connectivity index (χ0v) is 17.8. The molecule has 3 fully saturated rings.